The van der Waals surface area contributed by atoms with Crippen LogP contribution >= 0.6 is 0 Å². The van der Waals surface area contributed by atoms with E-state index in [9.17, 15) is 9.18 Å². The number of carbonyl (C=O) groups excluding carboxylic acids is 1. The number of para-hydroxylation sites is 1. The Labute approximate surface area is 154 Å². The van der Waals surface area contributed by atoms with Crippen molar-refractivity contribution in [1.82, 2.24) is 30.3 Å². The van der Waals surface area contributed by atoms with Crippen molar-refractivity contribution in [2.24, 2.45) is 0 Å². The number of hydrogen-bond acceptors (Lipinski definition) is 6. The maximum atomic E-state index is 13.9. The molecule has 1 saturated carbocycles. The fraction of sp³-hybridized carbons (Fsp3) is 0.444. The van der Waals surface area contributed by atoms with Crippen molar-refractivity contribution in [2.45, 2.75) is 44.3 Å². The zero-order valence-electron chi connectivity index (χ0n) is 14.6. The molecule has 3 heterocycles. The van der Waals surface area contributed by atoms with Gasteiger partial charge in [-0.1, -0.05) is 11.2 Å². The van der Waals surface area contributed by atoms with Crippen molar-refractivity contribution in [3.63, 3.8) is 0 Å². The number of nitrogens with zero attached hydrogens (tertiary/aromatic N) is 4. The first-order valence-corrected chi connectivity index (χ1v) is 9.19. The van der Waals surface area contributed by atoms with Crippen LogP contribution < -0.4 is 5.32 Å². The molecular weight excluding hydrogens is 351 g/mol. The quantitative estimate of drug-likeness (QED) is 0.715. The van der Waals surface area contributed by atoms with Gasteiger partial charge < -0.3 is 14.8 Å². The van der Waals surface area contributed by atoms with Gasteiger partial charge in [0.25, 0.3) is 11.7 Å². The third kappa shape index (κ3) is 3.18. The molecule has 0 spiro atoms. The molecule has 1 aliphatic heterocycles. The number of carbonyl (C=O) groups is 1. The molecule has 2 N–H and O–H groups in total. The van der Waals surface area contributed by atoms with Crippen LogP contribution in [0.25, 0.3) is 11.0 Å². The lowest BCUT2D eigenvalue weighted by Gasteiger charge is -2.19. The second-order valence-corrected chi connectivity index (χ2v) is 7.15. The van der Waals surface area contributed by atoms with Crippen LogP contribution in [0.15, 0.2) is 22.7 Å². The van der Waals surface area contributed by atoms with E-state index in [4.69, 9.17) is 4.52 Å². The summed E-state index contributed by atoms with van der Waals surface area (Å²) >= 11 is 0. The molecule has 5 rings (SSSR count). The standard InChI is InChI=1S/C18H19FN6O2/c19-11-3-1-4-12-15(11)22-14(21-12)9-25-8-2-5-13(25)18-23-16(24-27-18)17(26)20-10-6-7-10/h1,3-4,10,13H,2,5-9H2,(H,20,26)(H,21,22). The lowest BCUT2D eigenvalue weighted by Crippen LogP contribution is -2.27. The highest BCUT2D eigenvalue weighted by molar-refractivity contribution is 5.90. The molecule has 9 heteroatoms. The zero-order chi connectivity index (χ0) is 18.4. The number of rotatable bonds is 5. The molecule has 140 valence electrons. The Kier molecular flexibility index (Phi) is 3.89. The fourth-order valence-electron chi connectivity index (χ4n) is 3.55. The van der Waals surface area contributed by atoms with Crippen LogP contribution in [0.2, 0.25) is 0 Å². The van der Waals surface area contributed by atoms with Crippen LogP contribution in [0.1, 0.15) is 54.1 Å². The number of imidazole rings is 1. The Morgan fingerprint density at radius 3 is 3.04 bits per heavy atom. The second-order valence-electron chi connectivity index (χ2n) is 7.15. The SMILES string of the molecule is O=C(NC1CC1)c1noc(C2CCCN2Cc2nc3c(F)cccc3[nH]2)n1. The van der Waals surface area contributed by atoms with Gasteiger partial charge in [0.1, 0.15) is 11.3 Å². The number of aromatic amines is 1. The Hall–Kier alpha value is -2.81. The molecule has 1 saturated heterocycles. The molecule has 27 heavy (non-hydrogen) atoms. The molecule has 2 aliphatic rings. The maximum absolute atomic E-state index is 13.9. The van der Waals surface area contributed by atoms with Crippen LogP contribution in [0, 0.1) is 5.82 Å². The highest BCUT2D eigenvalue weighted by atomic mass is 19.1. The van der Waals surface area contributed by atoms with Gasteiger partial charge >= 0.3 is 0 Å². The van der Waals surface area contributed by atoms with Gasteiger partial charge in [-0.2, -0.15) is 4.98 Å². The van der Waals surface area contributed by atoms with Crippen LogP contribution in [0.3, 0.4) is 0 Å². The summed E-state index contributed by atoms with van der Waals surface area (Å²) < 4.78 is 19.2. The molecule has 1 aromatic carbocycles. The number of amides is 1. The topological polar surface area (TPSA) is 99.9 Å². The Morgan fingerprint density at radius 2 is 2.22 bits per heavy atom. The smallest absolute Gasteiger partial charge is 0.292 e. The van der Waals surface area contributed by atoms with Gasteiger partial charge in [-0.05, 0) is 44.4 Å². The number of nitrogens with one attached hydrogen (secondary N) is 2. The molecule has 2 fully saturated rings. The molecule has 2 aromatic heterocycles. The highest BCUT2D eigenvalue weighted by Gasteiger charge is 2.33. The Bertz CT molecular complexity index is 995. The second kappa shape index (κ2) is 6.41. The number of likely N-dealkylation sites (tertiary alicyclic amines) is 1. The normalized spacial score (nSPS) is 20.4. The third-order valence-corrected chi connectivity index (χ3v) is 5.07. The summed E-state index contributed by atoms with van der Waals surface area (Å²) in [6, 6.07) is 5.04. The van der Waals surface area contributed by atoms with E-state index >= 15 is 0 Å². The van der Waals surface area contributed by atoms with Crippen LogP contribution in [0.4, 0.5) is 4.39 Å². The molecule has 1 unspecified atom stereocenters. The van der Waals surface area contributed by atoms with E-state index in [1.807, 2.05) is 0 Å². The Balaban J connectivity index is 1.33. The van der Waals surface area contributed by atoms with Gasteiger partial charge in [-0.25, -0.2) is 9.37 Å². The summed E-state index contributed by atoms with van der Waals surface area (Å²) in [5, 5.41) is 6.69. The summed E-state index contributed by atoms with van der Waals surface area (Å²) in [5.41, 5.74) is 1.03. The number of fused-ring (bicyclic) bond motifs is 1. The van der Waals surface area contributed by atoms with Gasteiger partial charge in [0.2, 0.25) is 5.89 Å². The minimum Gasteiger partial charge on any atom is -0.346 e. The summed E-state index contributed by atoms with van der Waals surface area (Å²) in [6.45, 7) is 1.36. The van der Waals surface area contributed by atoms with Crippen LogP contribution in [-0.2, 0) is 6.54 Å². The van der Waals surface area contributed by atoms with Crippen LogP contribution in [-0.4, -0.2) is 43.5 Å². The van der Waals surface area contributed by atoms with Gasteiger partial charge in [0.15, 0.2) is 5.82 Å². The largest absolute Gasteiger partial charge is 0.346 e. The molecule has 1 amide bonds. The number of halogens is 1. The van der Waals surface area contributed by atoms with E-state index < -0.39 is 0 Å². The molecule has 0 radical (unpaired) electrons. The molecule has 1 aliphatic carbocycles. The monoisotopic (exact) mass is 370 g/mol. The highest BCUT2D eigenvalue weighted by Crippen LogP contribution is 2.32. The van der Waals surface area contributed by atoms with Gasteiger partial charge in [0.05, 0.1) is 18.1 Å². The van der Waals surface area contributed by atoms with Gasteiger partial charge in [0, 0.05) is 6.04 Å². The van der Waals surface area contributed by atoms with Crippen LogP contribution in [0.5, 0.6) is 0 Å². The number of benzene rings is 1. The average molecular weight is 370 g/mol. The Morgan fingerprint density at radius 1 is 1.33 bits per heavy atom. The first-order valence-electron chi connectivity index (χ1n) is 9.19. The van der Waals surface area contributed by atoms with Crippen molar-refractivity contribution in [3.8, 4) is 0 Å². The minimum atomic E-state index is -0.337. The van der Waals surface area contributed by atoms with Crippen molar-refractivity contribution in [1.29, 1.82) is 0 Å². The predicted octanol–water partition coefficient (Wildman–Crippen LogP) is 2.31. The third-order valence-electron chi connectivity index (χ3n) is 5.07. The first-order chi connectivity index (χ1) is 13.2. The molecule has 8 nitrogen and oxygen atoms in total. The predicted molar refractivity (Wildman–Crippen MR) is 93.2 cm³/mol. The summed E-state index contributed by atoms with van der Waals surface area (Å²) in [6.07, 6.45) is 3.85. The number of H-pyrrole nitrogens is 1. The van der Waals surface area contributed by atoms with E-state index in [0.717, 1.165) is 32.2 Å². The zero-order valence-corrected chi connectivity index (χ0v) is 14.6. The fourth-order valence-corrected chi connectivity index (χ4v) is 3.55. The summed E-state index contributed by atoms with van der Waals surface area (Å²) in [7, 11) is 0. The van der Waals surface area contributed by atoms with Crippen molar-refractivity contribution >= 4 is 16.9 Å². The van der Waals surface area contributed by atoms with E-state index in [1.54, 1.807) is 12.1 Å². The van der Waals surface area contributed by atoms with E-state index in [-0.39, 0.29) is 29.6 Å². The number of aromatic nitrogens is 4. The van der Waals surface area contributed by atoms with Gasteiger partial charge in [-0.3, -0.25) is 9.69 Å². The molecule has 0 bridgehead atoms. The van der Waals surface area contributed by atoms with Crippen molar-refractivity contribution in [3.05, 3.63) is 41.6 Å². The minimum absolute atomic E-state index is 0.0713. The van der Waals surface area contributed by atoms with Crippen molar-refractivity contribution < 1.29 is 13.7 Å². The molecule has 1 atom stereocenters. The van der Waals surface area contributed by atoms with Gasteiger partial charge in [-0.15, -0.1) is 0 Å². The lowest BCUT2D eigenvalue weighted by atomic mass is 10.2. The number of hydrogen-bond donors (Lipinski definition) is 2. The first kappa shape index (κ1) is 16.4. The van der Waals surface area contributed by atoms with E-state index in [1.165, 1.54) is 6.07 Å². The summed E-state index contributed by atoms with van der Waals surface area (Å²) in [5.74, 6) is 0.583. The maximum Gasteiger partial charge on any atom is 0.292 e. The summed E-state index contributed by atoms with van der Waals surface area (Å²) in [4.78, 5) is 26.1. The molecular formula is C18H19FN6O2. The lowest BCUT2D eigenvalue weighted by molar-refractivity contribution is 0.0937. The average Bonchev–Trinajstić information content (AvgIpc) is 3.06. The van der Waals surface area contributed by atoms with Crippen molar-refractivity contribution in [2.75, 3.05) is 6.54 Å². The molecule has 3 aromatic rings. The van der Waals surface area contributed by atoms with E-state index in [0.29, 0.717) is 29.3 Å². The van der Waals surface area contributed by atoms with E-state index in [2.05, 4.69) is 30.3 Å².